The molecule has 3 aliphatic heterocycles. The minimum absolute atomic E-state index is 0.256. The lowest BCUT2D eigenvalue weighted by Crippen LogP contribution is -2.68. The Balaban J connectivity index is 0.000000584. The third-order valence-electron chi connectivity index (χ3n) is 7.53. The molecule has 5 heterocycles. The standard InChI is InChI=1S/C27H27N9O2.C4H6F2/c1-16-9-17(3-7-24(16)38-20-4-5-21(29-2)23(11-20)34-28)32-27-26-22(30-14-31-27)6-8-25(33-26)35-12-18-10-19(13-35)36(18)15-37;1-2-3-4(5)6/h3-9,11,14-15,18-19,28-29H,10,12-13H2,1-2H3,(H,30,31,32);2-4H,1H3/b;3-2+. The van der Waals surface area contributed by atoms with Crippen LogP contribution in [0.2, 0.25) is 0 Å². The van der Waals surface area contributed by atoms with Gasteiger partial charge in [-0.1, -0.05) is 6.08 Å². The number of carbonyl (C=O) groups is 1. The van der Waals surface area contributed by atoms with Crippen LogP contribution in [0.15, 0.2) is 72.1 Å². The summed E-state index contributed by atoms with van der Waals surface area (Å²) in [4.78, 5) is 29.2. The molecule has 2 unspecified atom stereocenters. The maximum absolute atomic E-state index is 11.3. The summed E-state index contributed by atoms with van der Waals surface area (Å²) in [6.45, 7) is 5.09. The van der Waals surface area contributed by atoms with Crippen LogP contribution < -0.4 is 20.3 Å². The lowest BCUT2D eigenvalue weighted by atomic mass is 9.88. The number of ether oxygens (including phenoxy) is 1. The molecule has 0 saturated carbocycles. The first-order valence-corrected chi connectivity index (χ1v) is 14.1. The summed E-state index contributed by atoms with van der Waals surface area (Å²) in [5.74, 6) is 2.78. The van der Waals surface area contributed by atoms with Gasteiger partial charge in [0.2, 0.25) is 6.41 Å². The van der Waals surface area contributed by atoms with E-state index in [2.05, 4.69) is 30.6 Å². The van der Waals surface area contributed by atoms with E-state index in [1.165, 1.54) is 12.4 Å². The minimum Gasteiger partial charge on any atom is -0.457 e. The number of hydrogen-bond donors (Lipinski definition) is 3. The number of allylic oxidation sites excluding steroid dienone is 2. The van der Waals surface area contributed by atoms with Gasteiger partial charge in [-0.05, 0) is 74.4 Å². The summed E-state index contributed by atoms with van der Waals surface area (Å²) in [6, 6.07) is 15.6. The lowest BCUT2D eigenvalue weighted by Gasteiger charge is -2.55. The molecule has 3 fully saturated rings. The number of nitrogens with one attached hydrogen (secondary N) is 3. The highest BCUT2D eigenvalue weighted by molar-refractivity contribution is 5.88. The molecule has 228 valence electrons. The van der Waals surface area contributed by atoms with E-state index in [-0.39, 0.29) is 12.1 Å². The number of alkyl halides is 2. The maximum atomic E-state index is 11.3. The van der Waals surface area contributed by atoms with Crippen LogP contribution in [-0.4, -0.2) is 64.9 Å². The van der Waals surface area contributed by atoms with Crippen molar-refractivity contribution < 1.29 is 18.3 Å². The maximum Gasteiger partial charge on any atom is 0.257 e. The third kappa shape index (κ3) is 6.56. The number of piperidine rings is 1. The number of anilines is 4. The Morgan fingerprint density at radius 2 is 1.91 bits per heavy atom. The van der Waals surface area contributed by atoms with E-state index in [4.69, 9.17) is 15.3 Å². The second-order valence-electron chi connectivity index (χ2n) is 10.4. The normalized spacial score (nSPS) is 17.1. The van der Waals surface area contributed by atoms with Crippen LogP contribution in [0.1, 0.15) is 18.9 Å². The monoisotopic (exact) mass is 601 g/mol. The Morgan fingerprint density at radius 1 is 1.11 bits per heavy atom. The molecule has 0 aliphatic carbocycles. The summed E-state index contributed by atoms with van der Waals surface area (Å²) in [5.41, 5.74) is 11.9. The van der Waals surface area contributed by atoms with Crippen molar-refractivity contribution >= 4 is 46.1 Å². The molecular weight excluding hydrogens is 568 g/mol. The molecule has 2 aromatic carbocycles. The van der Waals surface area contributed by atoms with Crippen molar-refractivity contribution in [3.63, 3.8) is 0 Å². The van der Waals surface area contributed by atoms with Crippen molar-refractivity contribution in [3.8, 4) is 11.5 Å². The molecule has 0 spiro atoms. The number of rotatable bonds is 9. The van der Waals surface area contributed by atoms with Gasteiger partial charge in [-0.2, -0.15) is 5.11 Å². The van der Waals surface area contributed by atoms with Crippen LogP contribution in [0.5, 0.6) is 11.5 Å². The highest BCUT2D eigenvalue weighted by Crippen LogP contribution is 2.35. The first-order chi connectivity index (χ1) is 21.3. The number of nitrogens with zero attached hydrogens (tertiary/aromatic N) is 6. The summed E-state index contributed by atoms with van der Waals surface area (Å²) < 4.78 is 28.0. The number of benzene rings is 2. The van der Waals surface area contributed by atoms with Crippen LogP contribution in [0.3, 0.4) is 0 Å². The smallest absolute Gasteiger partial charge is 0.257 e. The largest absolute Gasteiger partial charge is 0.457 e. The molecule has 2 atom stereocenters. The van der Waals surface area contributed by atoms with E-state index < -0.39 is 6.43 Å². The van der Waals surface area contributed by atoms with E-state index >= 15 is 0 Å². The number of hydrogen-bond acceptors (Lipinski definition) is 10. The Labute approximate surface area is 253 Å². The van der Waals surface area contributed by atoms with E-state index in [1.807, 2.05) is 54.3 Å². The van der Waals surface area contributed by atoms with Crippen LogP contribution in [0.25, 0.3) is 11.0 Å². The predicted octanol–water partition coefficient (Wildman–Crippen LogP) is 6.82. The van der Waals surface area contributed by atoms with Crippen LogP contribution in [0, 0.1) is 12.5 Å². The quantitative estimate of drug-likeness (QED) is 0.108. The summed E-state index contributed by atoms with van der Waals surface area (Å²) >= 11 is 0. The highest BCUT2D eigenvalue weighted by Gasteiger charge is 2.44. The van der Waals surface area contributed by atoms with Gasteiger partial charge in [-0.3, -0.25) is 4.79 Å². The van der Waals surface area contributed by atoms with Crippen molar-refractivity contribution in [2.24, 2.45) is 5.11 Å². The second-order valence-corrected chi connectivity index (χ2v) is 10.4. The number of aromatic nitrogens is 3. The third-order valence-corrected chi connectivity index (χ3v) is 7.53. The summed E-state index contributed by atoms with van der Waals surface area (Å²) in [7, 11) is 1.79. The Morgan fingerprint density at radius 3 is 2.55 bits per heavy atom. The first-order valence-electron chi connectivity index (χ1n) is 14.1. The van der Waals surface area contributed by atoms with Gasteiger partial charge in [-0.15, -0.1) is 0 Å². The Bertz CT molecular complexity index is 1670. The van der Waals surface area contributed by atoms with Crippen molar-refractivity contribution in [3.05, 3.63) is 72.6 Å². The van der Waals surface area contributed by atoms with E-state index in [9.17, 15) is 13.6 Å². The van der Waals surface area contributed by atoms with Crippen LogP contribution >= 0.6 is 0 Å². The number of piperazine rings is 1. The van der Waals surface area contributed by atoms with Crippen molar-refractivity contribution in [2.45, 2.75) is 38.8 Å². The minimum atomic E-state index is -2.28. The van der Waals surface area contributed by atoms with E-state index in [0.717, 1.165) is 60.3 Å². The van der Waals surface area contributed by atoms with E-state index in [0.29, 0.717) is 28.5 Å². The number of fused-ring (bicyclic) bond motifs is 3. The molecule has 44 heavy (non-hydrogen) atoms. The molecule has 2 aromatic heterocycles. The Kier molecular flexibility index (Phi) is 9.22. The molecule has 0 radical (unpaired) electrons. The number of pyridine rings is 1. The van der Waals surface area contributed by atoms with E-state index in [1.54, 1.807) is 20.0 Å². The number of carbonyl (C=O) groups excluding carboxylic acids is 1. The molecule has 11 nitrogen and oxygen atoms in total. The second kappa shape index (κ2) is 13.4. The Hall–Kier alpha value is -5.20. The molecule has 7 rings (SSSR count). The topological polar surface area (TPSA) is 132 Å². The summed E-state index contributed by atoms with van der Waals surface area (Å²) in [5, 5.41) is 9.96. The summed E-state index contributed by atoms with van der Waals surface area (Å²) in [6.07, 6.45) is 3.42. The van der Waals surface area contributed by atoms with Gasteiger partial charge in [-0.25, -0.2) is 29.3 Å². The fourth-order valence-corrected chi connectivity index (χ4v) is 5.32. The number of aryl methyl sites for hydroxylation is 1. The molecule has 13 heteroatoms. The molecular formula is C31H33F2N9O2. The van der Waals surface area contributed by atoms with Gasteiger partial charge in [0.05, 0.1) is 23.3 Å². The van der Waals surface area contributed by atoms with Gasteiger partial charge >= 0.3 is 0 Å². The average Bonchev–Trinajstić information content (AvgIpc) is 3.02. The van der Waals surface area contributed by atoms with Crippen molar-refractivity contribution in [1.29, 1.82) is 5.53 Å². The zero-order valence-electron chi connectivity index (χ0n) is 24.5. The zero-order valence-corrected chi connectivity index (χ0v) is 24.5. The van der Waals surface area contributed by atoms with Crippen molar-refractivity contribution in [2.75, 3.05) is 35.7 Å². The predicted molar refractivity (Wildman–Crippen MR) is 166 cm³/mol. The first kappa shape index (κ1) is 30.3. The molecule has 3 aliphatic rings. The fraction of sp³-hybridized carbons (Fsp3) is 0.290. The average molecular weight is 602 g/mol. The zero-order chi connectivity index (χ0) is 31.2. The molecule has 3 saturated heterocycles. The van der Waals surface area contributed by atoms with Crippen molar-refractivity contribution in [1.82, 2.24) is 19.9 Å². The molecule has 3 N–H and O–H groups in total. The van der Waals surface area contributed by atoms with Gasteiger partial charge in [0.15, 0.2) is 5.82 Å². The van der Waals surface area contributed by atoms with Gasteiger partial charge < -0.3 is 25.2 Å². The van der Waals surface area contributed by atoms with Gasteiger partial charge in [0, 0.05) is 31.9 Å². The molecule has 1 amide bonds. The molecule has 2 bridgehead atoms. The van der Waals surface area contributed by atoms with Gasteiger partial charge in [0.1, 0.15) is 34.8 Å². The highest BCUT2D eigenvalue weighted by atomic mass is 19.3. The molecule has 4 aromatic rings. The SMILES string of the molecule is C/C=C/C(F)F.CNc1ccc(Oc2ccc(Nc3ncnc4ccc(N5CC6CC(C5)N6C=O)nc34)cc2C)cc1N=N. The number of halogens is 2. The van der Waals surface area contributed by atoms with Gasteiger partial charge in [0.25, 0.3) is 6.43 Å². The fourth-order valence-electron chi connectivity index (χ4n) is 5.32. The van der Waals surface area contributed by atoms with Crippen LogP contribution in [-0.2, 0) is 4.79 Å². The lowest BCUT2D eigenvalue weighted by molar-refractivity contribution is -0.131. The van der Waals surface area contributed by atoms with Crippen LogP contribution in [0.4, 0.5) is 37.5 Å². The number of amides is 1.